The molecule has 3 aromatic heterocycles. The molecule has 7 nitrogen and oxygen atoms in total. The molecule has 2 fully saturated rings. The smallest absolute Gasteiger partial charge is 0.221 e. The minimum absolute atomic E-state index is 0.206. The third-order valence-corrected chi connectivity index (χ3v) is 5.49. The van der Waals surface area contributed by atoms with Gasteiger partial charge in [-0.05, 0) is 37.8 Å². The summed E-state index contributed by atoms with van der Waals surface area (Å²) in [4.78, 5) is 11.1. The van der Waals surface area contributed by atoms with Crippen LogP contribution in [-0.4, -0.2) is 51.9 Å². The van der Waals surface area contributed by atoms with Gasteiger partial charge < -0.3 is 15.0 Å². The molecule has 0 atom stereocenters. The van der Waals surface area contributed by atoms with Crippen molar-refractivity contribution in [2.24, 2.45) is 0 Å². The van der Waals surface area contributed by atoms with Crippen LogP contribution in [0.25, 0.3) is 16.8 Å². The number of nitrogens with one attached hydrogen (secondary N) is 1. The average Bonchev–Trinajstić information content (AvgIpc) is 3.38. The Bertz CT molecular complexity index is 978. The summed E-state index contributed by atoms with van der Waals surface area (Å²) in [5.74, 6) is 0.606. The van der Waals surface area contributed by atoms with Crippen LogP contribution in [0.4, 0.5) is 10.2 Å². The number of pyridine rings is 1. The standard InChI is InChI=1S/C20H23FN6O/c21-17-13-27-18(25-19(17)26-10-8-22-9-11-26)16(12-24-27)15-6-3-7-23-20(15)28-14-4-1-2-5-14/h3,6-7,12-14,22H,1-2,4-5,8-11H2. The van der Waals surface area contributed by atoms with E-state index in [4.69, 9.17) is 4.74 Å². The van der Waals surface area contributed by atoms with Gasteiger partial charge in [-0.25, -0.2) is 18.9 Å². The summed E-state index contributed by atoms with van der Waals surface area (Å²) >= 11 is 0. The SMILES string of the molecule is Fc1cn2ncc(-c3cccnc3OC3CCCC3)c2nc1N1CCNCC1. The normalized spacial score (nSPS) is 18.1. The Morgan fingerprint density at radius 3 is 2.79 bits per heavy atom. The maximum absolute atomic E-state index is 14.6. The lowest BCUT2D eigenvalue weighted by Gasteiger charge is -2.28. The number of piperazine rings is 1. The molecule has 2 aliphatic rings. The molecule has 1 N–H and O–H groups in total. The summed E-state index contributed by atoms with van der Waals surface area (Å²) < 4.78 is 22.3. The first-order valence-electron chi connectivity index (χ1n) is 9.91. The Kier molecular flexibility index (Phi) is 4.56. The van der Waals surface area contributed by atoms with E-state index in [1.54, 1.807) is 12.4 Å². The first kappa shape index (κ1) is 17.4. The Balaban J connectivity index is 1.56. The van der Waals surface area contributed by atoms with E-state index in [-0.39, 0.29) is 11.9 Å². The summed E-state index contributed by atoms with van der Waals surface area (Å²) in [6.07, 6.45) is 9.55. The molecule has 0 aromatic carbocycles. The largest absolute Gasteiger partial charge is 0.474 e. The van der Waals surface area contributed by atoms with Gasteiger partial charge in [0, 0.05) is 37.9 Å². The number of rotatable bonds is 4. The fourth-order valence-electron chi connectivity index (χ4n) is 4.02. The first-order chi connectivity index (χ1) is 13.8. The second-order valence-corrected chi connectivity index (χ2v) is 7.36. The number of halogens is 1. The van der Waals surface area contributed by atoms with Gasteiger partial charge in [0.05, 0.1) is 18.0 Å². The molecule has 8 heteroatoms. The van der Waals surface area contributed by atoms with E-state index in [2.05, 4.69) is 20.4 Å². The van der Waals surface area contributed by atoms with Gasteiger partial charge in [-0.1, -0.05) is 0 Å². The van der Waals surface area contributed by atoms with Crippen molar-refractivity contribution in [2.75, 3.05) is 31.1 Å². The maximum atomic E-state index is 14.6. The van der Waals surface area contributed by atoms with Crippen LogP contribution >= 0.6 is 0 Å². The molecule has 4 heterocycles. The van der Waals surface area contributed by atoms with Crippen LogP contribution < -0.4 is 15.0 Å². The fraction of sp³-hybridized carbons (Fsp3) is 0.450. The Morgan fingerprint density at radius 2 is 1.96 bits per heavy atom. The number of ether oxygens (including phenoxy) is 1. The molecule has 28 heavy (non-hydrogen) atoms. The summed E-state index contributed by atoms with van der Waals surface area (Å²) in [6.45, 7) is 3.10. The third-order valence-electron chi connectivity index (χ3n) is 5.49. The quantitative estimate of drug-likeness (QED) is 0.748. The third kappa shape index (κ3) is 3.17. The van der Waals surface area contributed by atoms with E-state index in [0.29, 0.717) is 17.3 Å². The van der Waals surface area contributed by atoms with Crippen molar-refractivity contribution in [2.45, 2.75) is 31.8 Å². The molecule has 0 unspecified atom stereocenters. The van der Waals surface area contributed by atoms with Gasteiger partial charge in [-0.15, -0.1) is 0 Å². The zero-order chi connectivity index (χ0) is 18.9. The summed E-state index contributed by atoms with van der Waals surface area (Å²) in [5, 5.41) is 7.60. The number of nitrogens with zero attached hydrogens (tertiary/aromatic N) is 5. The summed E-state index contributed by atoms with van der Waals surface area (Å²) in [6, 6.07) is 3.84. The molecule has 0 spiro atoms. The van der Waals surface area contributed by atoms with Crippen molar-refractivity contribution < 1.29 is 9.13 Å². The van der Waals surface area contributed by atoms with Gasteiger partial charge in [0.2, 0.25) is 5.88 Å². The molecule has 0 amide bonds. The summed E-state index contributed by atoms with van der Waals surface area (Å²) in [7, 11) is 0. The molecule has 1 saturated heterocycles. The van der Waals surface area contributed by atoms with Crippen molar-refractivity contribution in [3.8, 4) is 17.0 Å². The van der Waals surface area contributed by atoms with Crippen molar-refractivity contribution in [1.82, 2.24) is 24.9 Å². The maximum Gasteiger partial charge on any atom is 0.221 e. The molecular weight excluding hydrogens is 359 g/mol. The Hall–Kier alpha value is -2.74. The number of fused-ring (bicyclic) bond motifs is 1. The molecular formula is C20H23FN6O. The molecule has 1 aliphatic heterocycles. The molecule has 5 rings (SSSR count). The predicted molar refractivity (Wildman–Crippen MR) is 104 cm³/mol. The van der Waals surface area contributed by atoms with Crippen LogP contribution in [0.15, 0.2) is 30.7 Å². The van der Waals surface area contributed by atoms with Crippen molar-refractivity contribution in [1.29, 1.82) is 0 Å². The molecule has 0 bridgehead atoms. The zero-order valence-corrected chi connectivity index (χ0v) is 15.6. The van der Waals surface area contributed by atoms with Crippen molar-refractivity contribution >= 4 is 11.5 Å². The number of hydrogen-bond acceptors (Lipinski definition) is 6. The van der Waals surface area contributed by atoms with E-state index in [0.717, 1.165) is 50.1 Å². The van der Waals surface area contributed by atoms with Crippen LogP contribution in [0.3, 0.4) is 0 Å². The molecule has 0 radical (unpaired) electrons. The van der Waals surface area contributed by atoms with E-state index in [1.165, 1.54) is 23.6 Å². The molecule has 1 saturated carbocycles. The Morgan fingerprint density at radius 1 is 1.14 bits per heavy atom. The fourth-order valence-corrected chi connectivity index (χ4v) is 4.02. The van der Waals surface area contributed by atoms with E-state index in [1.807, 2.05) is 17.0 Å². The highest BCUT2D eigenvalue weighted by Gasteiger charge is 2.23. The lowest BCUT2D eigenvalue weighted by molar-refractivity contribution is 0.202. The lowest BCUT2D eigenvalue weighted by atomic mass is 10.1. The van der Waals surface area contributed by atoms with Gasteiger partial charge in [0.15, 0.2) is 17.3 Å². The second-order valence-electron chi connectivity index (χ2n) is 7.36. The van der Waals surface area contributed by atoms with Crippen LogP contribution in [0.5, 0.6) is 5.88 Å². The van der Waals surface area contributed by atoms with Crippen LogP contribution in [0, 0.1) is 5.82 Å². The van der Waals surface area contributed by atoms with Gasteiger partial charge in [-0.2, -0.15) is 5.10 Å². The summed E-state index contributed by atoms with van der Waals surface area (Å²) in [5.41, 5.74) is 2.26. The topological polar surface area (TPSA) is 67.6 Å². The van der Waals surface area contributed by atoms with Crippen LogP contribution in [0.2, 0.25) is 0 Å². The second kappa shape index (κ2) is 7.35. The van der Waals surface area contributed by atoms with Gasteiger partial charge >= 0.3 is 0 Å². The van der Waals surface area contributed by atoms with Crippen LogP contribution in [-0.2, 0) is 0 Å². The minimum atomic E-state index is -0.363. The highest BCUT2D eigenvalue weighted by Crippen LogP contribution is 2.34. The average molecular weight is 382 g/mol. The van der Waals surface area contributed by atoms with Crippen molar-refractivity contribution in [3.05, 3.63) is 36.5 Å². The van der Waals surface area contributed by atoms with E-state index < -0.39 is 0 Å². The zero-order valence-electron chi connectivity index (χ0n) is 15.6. The first-order valence-corrected chi connectivity index (χ1v) is 9.91. The van der Waals surface area contributed by atoms with Gasteiger partial charge in [0.1, 0.15) is 6.10 Å². The number of anilines is 1. The van der Waals surface area contributed by atoms with Gasteiger partial charge in [0.25, 0.3) is 0 Å². The van der Waals surface area contributed by atoms with Crippen molar-refractivity contribution in [3.63, 3.8) is 0 Å². The Labute approximate surface area is 162 Å². The predicted octanol–water partition coefficient (Wildman–Crippen LogP) is 2.66. The molecule has 146 valence electrons. The monoisotopic (exact) mass is 382 g/mol. The highest BCUT2D eigenvalue weighted by molar-refractivity contribution is 5.80. The van der Waals surface area contributed by atoms with E-state index >= 15 is 0 Å². The van der Waals surface area contributed by atoms with Gasteiger partial charge in [-0.3, -0.25) is 0 Å². The van der Waals surface area contributed by atoms with E-state index in [9.17, 15) is 4.39 Å². The number of hydrogen-bond donors (Lipinski definition) is 1. The molecule has 1 aliphatic carbocycles. The highest BCUT2D eigenvalue weighted by atomic mass is 19.1. The lowest BCUT2D eigenvalue weighted by Crippen LogP contribution is -2.44. The minimum Gasteiger partial charge on any atom is -0.474 e. The molecule has 3 aromatic rings. The van der Waals surface area contributed by atoms with Crippen LogP contribution in [0.1, 0.15) is 25.7 Å². The number of aromatic nitrogens is 4.